The highest BCUT2D eigenvalue weighted by Gasteiger charge is 2.02. The van der Waals surface area contributed by atoms with Gasteiger partial charge < -0.3 is 10.1 Å². The Hall–Kier alpha value is -2.15. The van der Waals surface area contributed by atoms with Gasteiger partial charge in [0, 0.05) is 5.02 Å². The molecule has 8 heteroatoms. The summed E-state index contributed by atoms with van der Waals surface area (Å²) in [5.41, 5.74) is 0. The van der Waals surface area contributed by atoms with Crippen LogP contribution in [0.25, 0.3) is 0 Å². The highest BCUT2D eigenvalue weighted by atomic mass is 35.5. The van der Waals surface area contributed by atoms with Crippen LogP contribution in [0, 0.1) is 0 Å². The fourth-order valence-corrected chi connectivity index (χ4v) is 1.47. The van der Waals surface area contributed by atoms with Crippen LogP contribution >= 0.6 is 11.6 Å². The Morgan fingerprint density at radius 1 is 1.37 bits per heavy atom. The van der Waals surface area contributed by atoms with Crippen molar-refractivity contribution in [2.24, 2.45) is 0 Å². The molecule has 1 aromatic carbocycles. The fourth-order valence-electron chi connectivity index (χ4n) is 1.35. The molecular formula is C11H12ClN5O2. The molecule has 19 heavy (non-hydrogen) atoms. The Morgan fingerprint density at radius 3 is 2.84 bits per heavy atom. The first-order valence-electron chi connectivity index (χ1n) is 5.60. The molecule has 1 heterocycles. The summed E-state index contributed by atoms with van der Waals surface area (Å²) >= 11 is 5.75. The first kappa shape index (κ1) is 13.3. The molecule has 2 rings (SSSR count). The SMILES string of the molecule is O=C(Cn1cnnn1)NCCOc1ccc(Cl)cc1. The van der Waals surface area contributed by atoms with Gasteiger partial charge in [-0.15, -0.1) is 5.10 Å². The van der Waals surface area contributed by atoms with Crippen LogP contribution < -0.4 is 10.1 Å². The topological polar surface area (TPSA) is 81.9 Å². The highest BCUT2D eigenvalue weighted by molar-refractivity contribution is 6.30. The predicted octanol–water partition coefficient (Wildman–Crippen LogP) is 0.522. The monoisotopic (exact) mass is 281 g/mol. The molecule has 0 atom stereocenters. The van der Waals surface area contributed by atoms with Gasteiger partial charge in [-0.1, -0.05) is 11.6 Å². The van der Waals surface area contributed by atoms with Gasteiger partial charge in [-0.25, -0.2) is 4.68 Å². The van der Waals surface area contributed by atoms with E-state index in [1.54, 1.807) is 24.3 Å². The average Bonchev–Trinajstić information content (AvgIpc) is 2.89. The second kappa shape index (κ2) is 6.69. The highest BCUT2D eigenvalue weighted by Crippen LogP contribution is 2.14. The van der Waals surface area contributed by atoms with Gasteiger partial charge in [0.25, 0.3) is 0 Å². The molecule has 0 radical (unpaired) electrons. The third kappa shape index (κ3) is 4.55. The number of carbonyl (C=O) groups excluding carboxylic acids is 1. The Labute approximate surface area is 114 Å². The summed E-state index contributed by atoms with van der Waals surface area (Å²) in [6, 6.07) is 7.02. The van der Waals surface area contributed by atoms with E-state index in [4.69, 9.17) is 16.3 Å². The van der Waals surface area contributed by atoms with E-state index in [1.165, 1.54) is 11.0 Å². The first-order chi connectivity index (χ1) is 9.24. The van der Waals surface area contributed by atoms with Crippen LogP contribution in [0.2, 0.25) is 5.02 Å². The normalized spacial score (nSPS) is 10.2. The third-order valence-electron chi connectivity index (χ3n) is 2.20. The van der Waals surface area contributed by atoms with Gasteiger partial charge in [0.15, 0.2) is 0 Å². The number of nitrogens with zero attached hydrogens (tertiary/aromatic N) is 4. The van der Waals surface area contributed by atoms with Gasteiger partial charge in [-0.05, 0) is 34.7 Å². The van der Waals surface area contributed by atoms with E-state index in [0.717, 1.165) is 0 Å². The lowest BCUT2D eigenvalue weighted by Gasteiger charge is -2.07. The van der Waals surface area contributed by atoms with Crippen LogP contribution in [0.5, 0.6) is 5.75 Å². The zero-order chi connectivity index (χ0) is 13.5. The number of amides is 1. The van der Waals surface area contributed by atoms with Crippen LogP contribution in [-0.4, -0.2) is 39.3 Å². The molecule has 0 fully saturated rings. The molecule has 0 aliphatic carbocycles. The second-order valence-corrected chi connectivity index (χ2v) is 4.10. The molecule has 0 aliphatic rings. The molecule has 1 aromatic heterocycles. The predicted molar refractivity (Wildman–Crippen MR) is 67.8 cm³/mol. The lowest BCUT2D eigenvalue weighted by Crippen LogP contribution is -2.31. The number of hydrogen-bond acceptors (Lipinski definition) is 5. The largest absolute Gasteiger partial charge is 0.492 e. The van der Waals surface area contributed by atoms with Crippen molar-refractivity contribution in [3.8, 4) is 5.75 Å². The lowest BCUT2D eigenvalue weighted by atomic mass is 10.3. The minimum Gasteiger partial charge on any atom is -0.492 e. The summed E-state index contributed by atoms with van der Waals surface area (Å²) in [6.07, 6.45) is 1.38. The summed E-state index contributed by atoms with van der Waals surface area (Å²) in [7, 11) is 0. The Balaban J connectivity index is 1.64. The molecule has 0 spiro atoms. The van der Waals surface area contributed by atoms with Gasteiger partial charge >= 0.3 is 0 Å². The quantitative estimate of drug-likeness (QED) is 0.781. The molecule has 2 aromatic rings. The number of rotatable bonds is 6. The maximum atomic E-state index is 11.5. The molecule has 0 bridgehead atoms. The maximum absolute atomic E-state index is 11.5. The molecular weight excluding hydrogens is 270 g/mol. The van der Waals surface area contributed by atoms with Crippen LogP contribution in [0.3, 0.4) is 0 Å². The first-order valence-corrected chi connectivity index (χ1v) is 5.97. The Bertz CT molecular complexity index is 514. The number of benzene rings is 1. The smallest absolute Gasteiger partial charge is 0.241 e. The van der Waals surface area contributed by atoms with E-state index in [1.807, 2.05) is 0 Å². The molecule has 0 saturated heterocycles. The van der Waals surface area contributed by atoms with Gasteiger partial charge in [-0.2, -0.15) is 0 Å². The molecule has 0 saturated carbocycles. The van der Waals surface area contributed by atoms with Crippen LogP contribution in [0.15, 0.2) is 30.6 Å². The van der Waals surface area contributed by atoms with Gasteiger partial charge in [-0.3, -0.25) is 4.79 Å². The van der Waals surface area contributed by atoms with Crippen LogP contribution in [-0.2, 0) is 11.3 Å². The van der Waals surface area contributed by atoms with Crippen molar-refractivity contribution in [1.29, 1.82) is 0 Å². The number of carbonyl (C=O) groups is 1. The number of aromatic nitrogens is 4. The van der Waals surface area contributed by atoms with Crippen molar-refractivity contribution in [2.75, 3.05) is 13.2 Å². The molecule has 0 aliphatic heterocycles. The van der Waals surface area contributed by atoms with E-state index < -0.39 is 0 Å². The third-order valence-corrected chi connectivity index (χ3v) is 2.46. The number of ether oxygens (including phenoxy) is 1. The number of nitrogens with one attached hydrogen (secondary N) is 1. The van der Waals surface area contributed by atoms with E-state index in [2.05, 4.69) is 20.8 Å². The summed E-state index contributed by atoms with van der Waals surface area (Å²) < 4.78 is 6.77. The molecule has 7 nitrogen and oxygen atoms in total. The van der Waals surface area contributed by atoms with Gasteiger partial charge in [0.1, 0.15) is 25.2 Å². The molecule has 0 unspecified atom stereocenters. The van der Waals surface area contributed by atoms with Gasteiger partial charge in [0.2, 0.25) is 5.91 Å². The minimum absolute atomic E-state index is 0.0912. The summed E-state index contributed by atoms with van der Waals surface area (Å²) in [6.45, 7) is 0.876. The lowest BCUT2D eigenvalue weighted by molar-refractivity contribution is -0.121. The standard InChI is InChI=1S/C11H12ClN5O2/c12-9-1-3-10(4-2-9)19-6-5-13-11(18)7-17-8-14-15-16-17/h1-4,8H,5-7H2,(H,13,18). The zero-order valence-electron chi connectivity index (χ0n) is 9.99. The van der Waals surface area contributed by atoms with E-state index in [9.17, 15) is 4.79 Å². The van der Waals surface area contributed by atoms with E-state index >= 15 is 0 Å². The summed E-state index contributed by atoms with van der Waals surface area (Å²) in [5.74, 6) is 0.533. The zero-order valence-corrected chi connectivity index (χ0v) is 10.7. The average molecular weight is 282 g/mol. The van der Waals surface area contributed by atoms with Crippen molar-refractivity contribution in [2.45, 2.75) is 6.54 Å². The van der Waals surface area contributed by atoms with Crippen LogP contribution in [0.4, 0.5) is 0 Å². The minimum atomic E-state index is -0.174. The molecule has 100 valence electrons. The van der Waals surface area contributed by atoms with Crippen molar-refractivity contribution in [3.63, 3.8) is 0 Å². The van der Waals surface area contributed by atoms with E-state index in [0.29, 0.717) is 23.9 Å². The Kier molecular flexibility index (Phi) is 4.68. The molecule has 1 N–H and O–H groups in total. The number of tetrazole rings is 1. The summed E-state index contributed by atoms with van der Waals surface area (Å²) in [5, 5.41) is 13.8. The van der Waals surface area contributed by atoms with Crippen LogP contribution in [0.1, 0.15) is 0 Å². The number of hydrogen-bond donors (Lipinski definition) is 1. The van der Waals surface area contributed by atoms with E-state index in [-0.39, 0.29) is 12.5 Å². The Morgan fingerprint density at radius 2 is 2.16 bits per heavy atom. The van der Waals surface area contributed by atoms with Crippen molar-refractivity contribution >= 4 is 17.5 Å². The maximum Gasteiger partial charge on any atom is 0.241 e. The molecule has 1 amide bonds. The van der Waals surface area contributed by atoms with Crippen molar-refractivity contribution in [1.82, 2.24) is 25.5 Å². The fraction of sp³-hybridized carbons (Fsp3) is 0.273. The number of halogens is 1. The van der Waals surface area contributed by atoms with Crippen molar-refractivity contribution < 1.29 is 9.53 Å². The second-order valence-electron chi connectivity index (χ2n) is 3.66. The van der Waals surface area contributed by atoms with Crippen molar-refractivity contribution in [3.05, 3.63) is 35.6 Å². The van der Waals surface area contributed by atoms with Gasteiger partial charge in [0.05, 0.1) is 6.54 Å². The summed E-state index contributed by atoms with van der Waals surface area (Å²) in [4.78, 5) is 11.5.